The van der Waals surface area contributed by atoms with Gasteiger partial charge in [0, 0.05) is 18.9 Å². The highest BCUT2D eigenvalue weighted by Crippen LogP contribution is 2.32. The van der Waals surface area contributed by atoms with E-state index < -0.39 is 6.10 Å². The summed E-state index contributed by atoms with van der Waals surface area (Å²) in [6.45, 7) is 0.354. The van der Waals surface area contributed by atoms with Crippen molar-refractivity contribution in [2.45, 2.75) is 50.5 Å². The molecular weight excluding hydrogens is 414 g/mol. The van der Waals surface area contributed by atoms with Crippen molar-refractivity contribution in [1.29, 1.82) is 0 Å². The Balaban J connectivity index is 1.22. The molecule has 3 atom stereocenters. The minimum Gasteiger partial charge on any atom is -0.454 e. The molecule has 0 radical (unpaired) electrons. The van der Waals surface area contributed by atoms with Crippen molar-refractivity contribution < 1.29 is 28.9 Å². The van der Waals surface area contributed by atoms with Crippen LogP contribution >= 0.6 is 0 Å². The van der Waals surface area contributed by atoms with E-state index in [2.05, 4.69) is 15.6 Å². The molecule has 9 heteroatoms. The number of nitrogens with zero attached hydrogens (tertiary/aromatic N) is 1. The van der Waals surface area contributed by atoms with Crippen molar-refractivity contribution >= 4 is 11.8 Å². The number of carbonyl (C=O) groups is 2. The lowest BCUT2D eigenvalue weighted by atomic mass is 9.96. The van der Waals surface area contributed by atoms with E-state index in [0.717, 1.165) is 11.1 Å². The second-order valence-corrected chi connectivity index (χ2v) is 7.94. The number of aliphatic hydroxyl groups excluding tert-OH is 1. The third-order valence-corrected chi connectivity index (χ3v) is 5.57. The first kappa shape index (κ1) is 22.0. The molecule has 2 amide bonds. The highest BCUT2D eigenvalue weighted by molar-refractivity contribution is 5.79. The SMILES string of the molecule is O=C(C[C@H]1CC[C@H](NC(=O)Cc2cccnc2)[C@H](CO)O1)NCc1ccc2c(c1)OCO2. The van der Waals surface area contributed by atoms with Crippen LogP contribution in [0.5, 0.6) is 11.5 Å². The van der Waals surface area contributed by atoms with E-state index in [-0.39, 0.29) is 50.2 Å². The highest BCUT2D eigenvalue weighted by atomic mass is 16.7. The van der Waals surface area contributed by atoms with Gasteiger partial charge in [-0.1, -0.05) is 12.1 Å². The van der Waals surface area contributed by atoms with Crippen LogP contribution in [0.2, 0.25) is 0 Å². The monoisotopic (exact) mass is 441 g/mol. The molecule has 1 saturated heterocycles. The largest absolute Gasteiger partial charge is 0.454 e. The fourth-order valence-electron chi connectivity index (χ4n) is 3.92. The normalized spacial score (nSPS) is 21.7. The average Bonchev–Trinajstić information content (AvgIpc) is 3.27. The zero-order valence-electron chi connectivity index (χ0n) is 17.7. The van der Waals surface area contributed by atoms with Crippen molar-refractivity contribution in [2.75, 3.05) is 13.4 Å². The van der Waals surface area contributed by atoms with Gasteiger partial charge in [0.25, 0.3) is 0 Å². The number of carbonyl (C=O) groups excluding carboxylic acids is 2. The fourth-order valence-corrected chi connectivity index (χ4v) is 3.92. The van der Waals surface area contributed by atoms with Crippen molar-refractivity contribution in [1.82, 2.24) is 15.6 Å². The first-order chi connectivity index (χ1) is 15.6. The van der Waals surface area contributed by atoms with Gasteiger partial charge in [-0.3, -0.25) is 14.6 Å². The average molecular weight is 441 g/mol. The molecule has 2 aliphatic rings. The lowest BCUT2D eigenvalue weighted by molar-refractivity contribution is -0.135. The second-order valence-electron chi connectivity index (χ2n) is 7.94. The lowest BCUT2D eigenvalue weighted by Gasteiger charge is -2.36. The number of aliphatic hydroxyl groups is 1. The topological polar surface area (TPSA) is 119 Å². The molecule has 170 valence electrons. The molecule has 0 aliphatic carbocycles. The van der Waals surface area contributed by atoms with Gasteiger partial charge in [-0.05, 0) is 42.2 Å². The van der Waals surface area contributed by atoms with Crippen molar-refractivity contribution in [3.63, 3.8) is 0 Å². The Hall–Kier alpha value is -3.17. The number of nitrogens with one attached hydrogen (secondary N) is 2. The molecule has 32 heavy (non-hydrogen) atoms. The molecule has 0 saturated carbocycles. The molecule has 0 spiro atoms. The van der Waals surface area contributed by atoms with Crippen LogP contribution in [0.4, 0.5) is 0 Å². The number of hydrogen-bond acceptors (Lipinski definition) is 7. The van der Waals surface area contributed by atoms with Gasteiger partial charge in [0.1, 0.15) is 6.10 Å². The van der Waals surface area contributed by atoms with Gasteiger partial charge < -0.3 is 30.0 Å². The Bertz CT molecular complexity index is 939. The molecular formula is C23H27N3O6. The fraction of sp³-hybridized carbons (Fsp3) is 0.435. The minimum absolute atomic E-state index is 0.136. The van der Waals surface area contributed by atoms with Gasteiger partial charge >= 0.3 is 0 Å². The van der Waals surface area contributed by atoms with Gasteiger partial charge in [0.15, 0.2) is 11.5 Å². The van der Waals surface area contributed by atoms with Gasteiger partial charge in [-0.25, -0.2) is 0 Å². The molecule has 1 aromatic heterocycles. The van der Waals surface area contributed by atoms with Crippen LogP contribution in [-0.2, 0) is 27.3 Å². The number of rotatable bonds is 8. The highest BCUT2D eigenvalue weighted by Gasteiger charge is 2.32. The second kappa shape index (κ2) is 10.4. The smallest absolute Gasteiger partial charge is 0.231 e. The molecule has 2 aliphatic heterocycles. The Morgan fingerprint density at radius 3 is 2.78 bits per heavy atom. The molecule has 9 nitrogen and oxygen atoms in total. The molecule has 1 aromatic carbocycles. The zero-order valence-corrected chi connectivity index (χ0v) is 17.7. The third kappa shape index (κ3) is 5.74. The summed E-state index contributed by atoms with van der Waals surface area (Å²) < 4.78 is 16.5. The number of aromatic nitrogens is 1. The Kier molecular flexibility index (Phi) is 7.18. The van der Waals surface area contributed by atoms with E-state index in [4.69, 9.17) is 14.2 Å². The van der Waals surface area contributed by atoms with Crippen molar-refractivity contribution in [3.05, 3.63) is 53.9 Å². The summed E-state index contributed by atoms with van der Waals surface area (Å²) in [7, 11) is 0. The first-order valence-electron chi connectivity index (χ1n) is 10.7. The van der Waals surface area contributed by atoms with E-state index in [1.807, 2.05) is 24.3 Å². The van der Waals surface area contributed by atoms with E-state index in [0.29, 0.717) is 30.9 Å². The summed E-state index contributed by atoms with van der Waals surface area (Å²) in [5.74, 6) is 1.09. The van der Waals surface area contributed by atoms with Crippen LogP contribution in [0.3, 0.4) is 0 Å². The number of amides is 2. The molecule has 0 bridgehead atoms. The van der Waals surface area contributed by atoms with Crippen LogP contribution < -0.4 is 20.1 Å². The minimum atomic E-state index is -0.548. The molecule has 0 unspecified atom stereocenters. The van der Waals surface area contributed by atoms with E-state index in [1.54, 1.807) is 18.5 Å². The number of benzene rings is 1. The standard InChI is InChI=1S/C23H27N3O6/c27-13-21-18(26-23(29)9-15-2-1-7-24-11-15)5-4-17(32-21)10-22(28)25-12-16-3-6-19-20(8-16)31-14-30-19/h1-3,6-8,11,17-18,21,27H,4-5,9-10,12-14H2,(H,25,28)(H,26,29)/t17-,18+,21+/m1/s1. The summed E-state index contributed by atoms with van der Waals surface area (Å²) in [5, 5.41) is 15.6. The zero-order chi connectivity index (χ0) is 22.3. The van der Waals surface area contributed by atoms with Gasteiger partial charge in [0.05, 0.1) is 31.6 Å². The first-order valence-corrected chi connectivity index (χ1v) is 10.7. The summed E-state index contributed by atoms with van der Waals surface area (Å²) >= 11 is 0. The van der Waals surface area contributed by atoms with Gasteiger partial charge in [0.2, 0.25) is 18.6 Å². The maximum atomic E-state index is 12.4. The quantitative estimate of drug-likeness (QED) is 0.561. The van der Waals surface area contributed by atoms with Gasteiger partial charge in [-0.15, -0.1) is 0 Å². The van der Waals surface area contributed by atoms with E-state index in [9.17, 15) is 14.7 Å². The summed E-state index contributed by atoms with van der Waals surface area (Å²) in [4.78, 5) is 28.7. The third-order valence-electron chi connectivity index (χ3n) is 5.57. The van der Waals surface area contributed by atoms with Crippen LogP contribution in [0, 0.1) is 0 Å². The molecule has 1 fully saturated rings. The van der Waals surface area contributed by atoms with Gasteiger partial charge in [-0.2, -0.15) is 0 Å². The van der Waals surface area contributed by atoms with Crippen LogP contribution in [0.15, 0.2) is 42.7 Å². The number of hydrogen-bond donors (Lipinski definition) is 3. The predicted molar refractivity (Wildman–Crippen MR) is 114 cm³/mol. The molecule has 4 rings (SSSR count). The Labute approximate surface area is 186 Å². The Morgan fingerprint density at radius 2 is 1.97 bits per heavy atom. The van der Waals surface area contributed by atoms with E-state index >= 15 is 0 Å². The number of pyridine rings is 1. The lowest BCUT2D eigenvalue weighted by Crippen LogP contribution is -2.51. The maximum absolute atomic E-state index is 12.4. The summed E-state index contributed by atoms with van der Waals surface area (Å²) in [6.07, 6.45) is 4.10. The predicted octanol–water partition coefficient (Wildman–Crippen LogP) is 1.08. The van der Waals surface area contributed by atoms with Crippen molar-refractivity contribution in [3.8, 4) is 11.5 Å². The summed E-state index contributed by atoms with van der Waals surface area (Å²) in [6, 6.07) is 8.88. The molecule has 2 aromatic rings. The van der Waals surface area contributed by atoms with Crippen LogP contribution in [0.25, 0.3) is 0 Å². The van der Waals surface area contributed by atoms with Crippen LogP contribution in [-0.4, -0.2) is 53.6 Å². The maximum Gasteiger partial charge on any atom is 0.231 e. The van der Waals surface area contributed by atoms with E-state index in [1.165, 1.54) is 0 Å². The van der Waals surface area contributed by atoms with Crippen LogP contribution in [0.1, 0.15) is 30.4 Å². The number of ether oxygens (including phenoxy) is 3. The number of fused-ring (bicyclic) bond motifs is 1. The summed E-state index contributed by atoms with van der Waals surface area (Å²) in [5.41, 5.74) is 1.73. The molecule has 3 heterocycles. The van der Waals surface area contributed by atoms with Crippen molar-refractivity contribution in [2.24, 2.45) is 0 Å². The Morgan fingerprint density at radius 1 is 1.09 bits per heavy atom. The molecule has 3 N–H and O–H groups in total.